The Kier molecular flexibility index (Phi) is 4.30. The highest BCUT2D eigenvalue weighted by molar-refractivity contribution is 5.68. The number of carboxylic acids is 1. The number of pyridine rings is 1. The van der Waals surface area contributed by atoms with Gasteiger partial charge in [0.05, 0.1) is 5.69 Å². The van der Waals surface area contributed by atoms with Crippen LogP contribution in [-0.4, -0.2) is 22.6 Å². The lowest BCUT2D eigenvalue weighted by Gasteiger charge is -2.17. The number of hydrogen-bond acceptors (Lipinski definition) is 4. The molecule has 0 radical (unpaired) electrons. The number of ether oxygens (including phenoxy) is 1. The molecule has 1 aliphatic heterocycles. The van der Waals surface area contributed by atoms with Crippen LogP contribution in [0.25, 0.3) is 0 Å². The summed E-state index contributed by atoms with van der Waals surface area (Å²) in [5.74, 6) is 1.69. The number of fused-ring (bicyclic) bond motifs is 1. The molecule has 2 heterocycles. The zero-order valence-electron chi connectivity index (χ0n) is 14.1. The van der Waals surface area contributed by atoms with E-state index in [1.54, 1.807) is 0 Å². The summed E-state index contributed by atoms with van der Waals surface area (Å²) in [4.78, 5) is 15.5. The highest BCUT2D eigenvalue weighted by Crippen LogP contribution is 2.50. The van der Waals surface area contributed by atoms with Crippen molar-refractivity contribution < 1.29 is 14.6 Å². The van der Waals surface area contributed by atoms with Gasteiger partial charge in [-0.3, -0.25) is 4.79 Å². The van der Waals surface area contributed by atoms with Crippen molar-refractivity contribution in [3.05, 3.63) is 53.2 Å². The summed E-state index contributed by atoms with van der Waals surface area (Å²) in [6.45, 7) is 1.41. The summed E-state index contributed by atoms with van der Waals surface area (Å²) in [5.41, 5.74) is 3.35. The van der Waals surface area contributed by atoms with E-state index in [1.165, 1.54) is 11.1 Å². The van der Waals surface area contributed by atoms with Crippen LogP contribution in [0.3, 0.4) is 0 Å². The number of benzene rings is 1. The Morgan fingerprint density at radius 1 is 1.32 bits per heavy atom. The number of carboxylic acid groups (broad SMARTS) is 1. The first-order valence-corrected chi connectivity index (χ1v) is 8.86. The molecular weight excluding hydrogens is 316 g/mol. The first kappa shape index (κ1) is 15.9. The maximum atomic E-state index is 10.8. The van der Waals surface area contributed by atoms with Crippen LogP contribution in [0, 0.1) is 5.92 Å². The van der Waals surface area contributed by atoms with E-state index in [0.717, 1.165) is 43.1 Å². The summed E-state index contributed by atoms with van der Waals surface area (Å²) >= 11 is 0. The van der Waals surface area contributed by atoms with Crippen molar-refractivity contribution in [1.29, 1.82) is 0 Å². The molecule has 5 heteroatoms. The standard InChI is InChI=1S/C20H22N2O3/c23-19(24)11-15-10-18(15)14-3-1-5-17(9-14)25-12-16-7-6-13-4-2-8-21-20(13)22-16/h1,3,5-7,9,15,18H,2,4,8,10-12H2,(H,21,22)(H,23,24). The van der Waals surface area contributed by atoms with Gasteiger partial charge >= 0.3 is 5.97 Å². The third-order valence-electron chi connectivity index (χ3n) is 4.98. The van der Waals surface area contributed by atoms with E-state index in [9.17, 15) is 4.79 Å². The van der Waals surface area contributed by atoms with E-state index in [2.05, 4.69) is 22.4 Å². The quantitative estimate of drug-likeness (QED) is 0.842. The second-order valence-corrected chi connectivity index (χ2v) is 6.90. The van der Waals surface area contributed by atoms with Crippen molar-refractivity contribution in [3.8, 4) is 5.75 Å². The summed E-state index contributed by atoms with van der Waals surface area (Å²) in [5, 5.41) is 12.2. The van der Waals surface area contributed by atoms with E-state index in [0.29, 0.717) is 12.5 Å². The second kappa shape index (κ2) is 6.75. The van der Waals surface area contributed by atoms with Gasteiger partial charge in [0.15, 0.2) is 0 Å². The fourth-order valence-electron chi connectivity index (χ4n) is 3.55. The minimum absolute atomic E-state index is 0.252. The fraction of sp³-hybridized carbons (Fsp3) is 0.400. The first-order valence-electron chi connectivity index (χ1n) is 8.86. The molecule has 2 aromatic rings. The Morgan fingerprint density at radius 2 is 2.24 bits per heavy atom. The number of aryl methyl sites for hydroxylation is 1. The average Bonchev–Trinajstić information content (AvgIpc) is 3.38. The van der Waals surface area contributed by atoms with Crippen molar-refractivity contribution in [1.82, 2.24) is 4.98 Å². The molecule has 0 saturated heterocycles. The fourth-order valence-corrected chi connectivity index (χ4v) is 3.55. The molecule has 1 fully saturated rings. The number of rotatable bonds is 6. The predicted molar refractivity (Wildman–Crippen MR) is 94.9 cm³/mol. The van der Waals surface area contributed by atoms with Crippen molar-refractivity contribution in [2.45, 2.75) is 38.2 Å². The van der Waals surface area contributed by atoms with Gasteiger partial charge in [-0.25, -0.2) is 4.98 Å². The van der Waals surface area contributed by atoms with Crippen molar-refractivity contribution >= 4 is 11.8 Å². The van der Waals surface area contributed by atoms with Crippen LogP contribution in [0.4, 0.5) is 5.82 Å². The SMILES string of the molecule is O=C(O)CC1CC1c1cccc(OCc2ccc3c(n2)NCCC3)c1. The largest absolute Gasteiger partial charge is 0.487 e. The van der Waals surface area contributed by atoms with Gasteiger partial charge in [-0.2, -0.15) is 0 Å². The van der Waals surface area contributed by atoms with Gasteiger partial charge in [0.1, 0.15) is 18.2 Å². The van der Waals surface area contributed by atoms with E-state index < -0.39 is 5.97 Å². The minimum atomic E-state index is -0.716. The molecule has 1 aliphatic carbocycles. The Bertz CT molecular complexity index is 790. The van der Waals surface area contributed by atoms with Crippen LogP contribution in [0.1, 0.15) is 42.0 Å². The van der Waals surface area contributed by atoms with E-state index in [1.807, 2.05) is 24.3 Å². The minimum Gasteiger partial charge on any atom is -0.487 e. The molecule has 0 bridgehead atoms. The van der Waals surface area contributed by atoms with Crippen LogP contribution in [0.15, 0.2) is 36.4 Å². The van der Waals surface area contributed by atoms with Gasteiger partial charge in [0.2, 0.25) is 0 Å². The van der Waals surface area contributed by atoms with Crippen LogP contribution in [0.5, 0.6) is 5.75 Å². The molecule has 5 nitrogen and oxygen atoms in total. The number of anilines is 1. The van der Waals surface area contributed by atoms with E-state index in [-0.39, 0.29) is 12.3 Å². The smallest absolute Gasteiger partial charge is 0.303 e. The van der Waals surface area contributed by atoms with Gasteiger partial charge in [-0.15, -0.1) is 0 Å². The molecule has 2 N–H and O–H groups in total. The van der Waals surface area contributed by atoms with Gasteiger partial charge in [-0.05, 0) is 60.4 Å². The van der Waals surface area contributed by atoms with Crippen molar-refractivity contribution in [3.63, 3.8) is 0 Å². The monoisotopic (exact) mass is 338 g/mol. The maximum Gasteiger partial charge on any atom is 0.303 e. The number of carbonyl (C=O) groups is 1. The number of nitrogens with one attached hydrogen (secondary N) is 1. The molecular formula is C20H22N2O3. The number of aliphatic carboxylic acids is 1. The molecule has 0 spiro atoms. The number of nitrogens with zero attached hydrogens (tertiary/aromatic N) is 1. The van der Waals surface area contributed by atoms with Crippen LogP contribution in [0.2, 0.25) is 0 Å². The summed E-state index contributed by atoms with van der Waals surface area (Å²) < 4.78 is 5.91. The molecule has 0 amide bonds. The molecule has 4 rings (SSSR count). The molecule has 2 unspecified atom stereocenters. The zero-order valence-corrected chi connectivity index (χ0v) is 14.1. The zero-order chi connectivity index (χ0) is 17.2. The Labute approximate surface area is 147 Å². The van der Waals surface area contributed by atoms with Gasteiger partial charge in [0, 0.05) is 13.0 Å². The summed E-state index contributed by atoms with van der Waals surface area (Å²) in [7, 11) is 0. The lowest BCUT2D eigenvalue weighted by molar-refractivity contribution is -0.137. The molecule has 1 aromatic heterocycles. The lowest BCUT2D eigenvalue weighted by atomic mass is 10.1. The topological polar surface area (TPSA) is 71.5 Å². The Balaban J connectivity index is 1.39. The molecule has 2 atom stereocenters. The first-order chi connectivity index (χ1) is 12.2. The van der Waals surface area contributed by atoms with Crippen LogP contribution < -0.4 is 10.1 Å². The molecule has 1 saturated carbocycles. The predicted octanol–water partition coefficient (Wildman–Crippen LogP) is 3.60. The number of hydrogen-bond donors (Lipinski definition) is 2. The highest BCUT2D eigenvalue weighted by Gasteiger charge is 2.39. The average molecular weight is 338 g/mol. The number of aromatic nitrogens is 1. The summed E-state index contributed by atoms with van der Waals surface area (Å²) in [6, 6.07) is 12.2. The lowest BCUT2D eigenvalue weighted by Crippen LogP contribution is -2.14. The Morgan fingerprint density at radius 3 is 3.12 bits per heavy atom. The van der Waals surface area contributed by atoms with E-state index >= 15 is 0 Å². The van der Waals surface area contributed by atoms with E-state index in [4.69, 9.17) is 9.84 Å². The molecule has 2 aliphatic rings. The molecule has 130 valence electrons. The second-order valence-electron chi connectivity index (χ2n) is 6.90. The van der Waals surface area contributed by atoms with Crippen molar-refractivity contribution in [2.75, 3.05) is 11.9 Å². The maximum absolute atomic E-state index is 10.8. The Hall–Kier alpha value is -2.56. The van der Waals surface area contributed by atoms with Gasteiger partial charge < -0.3 is 15.2 Å². The van der Waals surface area contributed by atoms with Crippen LogP contribution >= 0.6 is 0 Å². The van der Waals surface area contributed by atoms with Crippen LogP contribution in [-0.2, 0) is 17.8 Å². The molecule has 1 aromatic carbocycles. The van der Waals surface area contributed by atoms with Gasteiger partial charge in [0.25, 0.3) is 0 Å². The van der Waals surface area contributed by atoms with Gasteiger partial charge in [-0.1, -0.05) is 18.2 Å². The van der Waals surface area contributed by atoms with Crippen molar-refractivity contribution in [2.24, 2.45) is 5.92 Å². The summed E-state index contributed by atoms with van der Waals surface area (Å²) in [6.07, 6.45) is 3.44. The normalized spacial score (nSPS) is 21.1. The third kappa shape index (κ3) is 3.76. The highest BCUT2D eigenvalue weighted by atomic mass is 16.5. The molecule has 25 heavy (non-hydrogen) atoms. The third-order valence-corrected chi connectivity index (χ3v) is 4.98.